The van der Waals surface area contributed by atoms with Crippen LogP contribution >= 0.6 is 0 Å². The van der Waals surface area contributed by atoms with E-state index in [0.29, 0.717) is 6.42 Å². The number of aliphatic carboxylic acids is 1. The molecule has 3 N–H and O–H groups in total. The molecule has 0 aliphatic heterocycles. The highest BCUT2D eigenvalue weighted by atomic mass is 16.5. The fourth-order valence-corrected chi connectivity index (χ4v) is 1.92. The predicted octanol–water partition coefficient (Wildman–Crippen LogP) is 0.435. The molecule has 126 valence electrons. The van der Waals surface area contributed by atoms with Crippen LogP contribution in [0.25, 0.3) is 0 Å². The highest BCUT2D eigenvalue weighted by Gasteiger charge is 2.21. The third kappa shape index (κ3) is 5.93. The zero-order valence-corrected chi connectivity index (χ0v) is 13.3. The maximum absolute atomic E-state index is 12.0. The lowest BCUT2D eigenvalue weighted by molar-refractivity contribution is -0.142. The Bertz CT molecular complexity index is 574. The fraction of sp³-hybridized carbons (Fsp3) is 0.467. The van der Waals surface area contributed by atoms with Crippen molar-refractivity contribution in [1.29, 1.82) is 0 Å². The lowest BCUT2D eigenvalue weighted by Gasteiger charge is -2.16. The quantitative estimate of drug-likeness (QED) is 0.639. The van der Waals surface area contributed by atoms with Crippen LogP contribution in [-0.2, 0) is 9.59 Å². The number of amides is 2. The molecule has 1 aromatic rings. The number of carbonyl (C=O) groups excluding carboxylic acids is 2. The van der Waals surface area contributed by atoms with E-state index in [9.17, 15) is 14.4 Å². The lowest BCUT2D eigenvalue weighted by atomic mass is 10.0. The van der Waals surface area contributed by atoms with Gasteiger partial charge in [0.1, 0.15) is 11.6 Å². The second kappa shape index (κ2) is 8.72. The number of aromatic nitrogens is 1. The first-order chi connectivity index (χ1) is 10.8. The molecule has 2 amide bonds. The molecule has 0 bridgehead atoms. The topological polar surface area (TPSA) is 118 Å². The lowest BCUT2D eigenvalue weighted by Crippen LogP contribution is -2.46. The summed E-state index contributed by atoms with van der Waals surface area (Å²) in [6.07, 6.45) is 1.79. The monoisotopic (exact) mass is 323 g/mol. The number of carbonyl (C=O) groups is 3. The minimum atomic E-state index is -1.10. The second-order valence-electron chi connectivity index (χ2n) is 5.33. The minimum Gasteiger partial charge on any atom is -0.480 e. The SMILES string of the molecule is COc1ncccc1C(=O)NCC(=O)N[C@@H](CC(C)C)C(=O)O. The number of ether oxygens (including phenoxy) is 1. The molecule has 0 saturated carbocycles. The van der Waals surface area contributed by atoms with Gasteiger partial charge in [0.05, 0.1) is 13.7 Å². The van der Waals surface area contributed by atoms with E-state index in [2.05, 4.69) is 15.6 Å². The third-order valence-electron chi connectivity index (χ3n) is 2.96. The molecule has 0 aromatic carbocycles. The van der Waals surface area contributed by atoms with E-state index < -0.39 is 23.8 Å². The number of nitrogens with one attached hydrogen (secondary N) is 2. The van der Waals surface area contributed by atoms with Gasteiger partial charge in [-0.3, -0.25) is 9.59 Å². The summed E-state index contributed by atoms with van der Waals surface area (Å²) in [5.74, 6) is -1.94. The molecule has 1 heterocycles. The zero-order chi connectivity index (χ0) is 17.4. The van der Waals surface area contributed by atoms with Crippen molar-refractivity contribution in [2.75, 3.05) is 13.7 Å². The Hall–Kier alpha value is -2.64. The zero-order valence-electron chi connectivity index (χ0n) is 13.3. The molecular formula is C15H21N3O5. The van der Waals surface area contributed by atoms with E-state index in [1.165, 1.54) is 19.4 Å². The van der Waals surface area contributed by atoms with Gasteiger partial charge >= 0.3 is 5.97 Å². The maximum Gasteiger partial charge on any atom is 0.326 e. The summed E-state index contributed by atoms with van der Waals surface area (Å²) < 4.78 is 4.96. The van der Waals surface area contributed by atoms with Crippen LogP contribution in [0, 0.1) is 5.92 Å². The van der Waals surface area contributed by atoms with Gasteiger partial charge in [-0.2, -0.15) is 0 Å². The van der Waals surface area contributed by atoms with Crippen molar-refractivity contribution < 1.29 is 24.2 Å². The number of rotatable bonds is 8. The Kier molecular flexibility index (Phi) is 6.98. The van der Waals surface area contributed by atoms with Gasteiger partial charge in [-0.25, -0.2) is 9.78 Å². The Morgan fingerprint density at radius 3 is 2.61 bits per heavy atom. The standard InChI is InChI=1S/C15H21N3O5/c1-9(2)7-11(15(21)22)18-12(19)8-17-13(20)10-5-4-6-16-14(10)23-3/h4-6,9,11H,7-8H2,1-3H3,(H,17,20)(H,18,19)(H,21,22)/t11-/m0/s1. The van der Waals surface area contributed by atoms with Gasteiger partial charge < -0.3 is 20.5 Å². The van der Waals surface area contributed by atoms with Crippen molar-refractivity contribution in [2.45, 2.75) is 26.3 Å². The number of pyridine rings is 1. The summed E-state index contributed by atoms with van der Waals surface area (Å²) in [6.45, 7) is 3.38. The Morgan fingerprint density at radius 2 is 2.04 bits per heavy atom. The maximum atomic E-state index is 12.0. The number of nitrogens with zero attached hydrogens (tertiary/aromatic N) is 1. The third-order valence-corrected chi connectivity index (χ3v) is 2.96. The van der Waals surface area contributed by atoms with E-state index >= 15 is 0 Å². The number of carboxylic acids is 1. The average molecular weight is 323 g/mol. The van der Waals surface area contributed by atoms with E-state index in [1.807, 2.05) is 13.8 Å². The minimum absolute atomic E-state index is 0.116. The molecule has 0 radical (unpaired) electrons. The smallest absolute Gasteiger partial charge is 0.326 e. The predicted molar refractivity (Wildman–Crippen MR) is 82.1 cm³/mol. The number of methoxy groups -OCH3 is 1. The number of hydrogen-bond acceptors (Lipinski definition) is 5. The Balaban J connectivity index is 2.58. The summed E-state index contributed by atoms with van der Waals surface area (Å²) >= 11 is 0. The van der Waals surface area contributed by atoms with Crippen molar-refractivity contribution in [3.63, 3.8) is 0 Å². The number of hydrogen-bond donors (Lipinski definition) is 3. The van der Waals surface area contributed by atoms with E-state index in [0.717, 1.165) is 0 Å². The first-order valence-electron chi connectivity index (χ1n) is 7.14. The second-order valence-corrected chi connectivity index (χ2v) is 5.33. The van der Waals surface area contributed by atoms with Crippen LogP contribution in [0.15, 0.2) is 18.3 Å². The molecule has 0 fully saturated rings. The normalized spacial score (nSPS) is 11.7. The van der Waals surface area contributed by atoms with Crippen molar-refractivity contribution in [2.24, 2.45) is 5.92 Å². The van der Waals surface area contributed by atoms with Gasteiger partial charge in [0.2, 0.25) is 11.8 Å². The summed E-state index contributed by atoms with van der Waals surface area (Å²) in [5.41, 5.74) is 0.194. The molecule has 1 aromatic heterocycles. The molecule has 0 spiro atoms. The first-order valence-corrected chi connectivity index (χ1v) is 7.14. The van der Waals surface area contributed by atoms with Crippen LogP contribution in [-0.4, -0.2) is 47.6 Å². The molecule has 0 aliphatic carbocycles. The molecule has 8 heteroatoms. The largest absolute Gasteiger partial charge is 0.480 e. The molecule has 1 atom stereocenters. The molecule has 1 rings (SSSR count). The van der Waals surface area contributed by atoms with E-state index in [-0.39, 0.29) is 23.9 Å². The van der Waals surface area contributed by atoms with Gasteiger partial charge in [0.25, 0.3) is 5.91 Å². The fourth-order valence-electron chi connectivity index (χ4n) is 1.92. The first kappa shape index (κ1) is 18.4. The van der Waals surface area contributed by atoms with Crippen molar-refractivity contribution in [3.05, 3.63) is 23.9 Å². The van der Waals surface area contributed by atoms with Gasteiger partial charge in [-0.05, 0) is 24.5 Å². The molecule has 0 saturated heterocycles. The highest BCUT2D eigenvalue weighted by Crippen LogP contribution is 2.12. The summed E-state index contributed by atoms with van der Waals surface area (Å²) in [5, 5.41) is 13.9. The van der Waals surface area contributed by atoms with E-state index in [4.69, 9.17) is 9.84 Å². The van der Waals surface area contributed by atoms with E-state index in [1.54, 1.807) is 6.07 Å². The summed E-state index contributed by atoms with van der Waals surface area (Å²) in [7, 11) is 1.38. The van der Waals surface area contributed by atoms with Crippen molar-refractivity contribution >= 4 is 17.8 Å². The van der Waals surface area contributed by atoms with Crippen LogP contribution in [0.4, 0.5) is 0 Å². The van der Waals surface area contributed by atoms with Gasteiger partial charge in [0.15, 0.2) is 0 Å². The van der Waals surface area contributed by atoms with Crippen molar-refractivity contribution in [3.8, 4) is 5.88 Å². The van der Waals surface area contributed by atoms with Crippen LogP contribution in [0.2, 0.25) is 0 Å². The summed E-state index contributed by atoms with van der Waals surface area (Å²) in [6, 6.07) is 2.10. The van der Waals surface area contributed by atoms with Crippen LogP contribution in [0.1, 0.15) is 30.6 Å². The highest BCUT2D eigenvalue weighted by molar-refractivity contribution is 5.98. The van der Waals surface area contributed by atoms with Crippen LogP contribution in [0.5, 0.6) is 5.88 Å². The van der Waals surface area contributed by atoms with Crippen LogP contribution < -0.4 is 15.4 Å². The van der Waals surface area contributed by atoms with Crippen molar-refractivity contribution in [1.82, 2.24) is 15.6 Å². The summed E-state index contributed by atoms with van der Waals surface area (Å²) in [4.78, 5) is 38.8. The molecule has 0 aliphatic rings. The average Bonchev–Trinajstić information content (AvgIpc) is 2.51. The Morgan fingerprint density at radius 1 is 1.35 bits per heavy atom. The molecule has 8 nitrogen and oxygen atoms in total. The van der Waals surface area contributed by atoms with Crippen LogP contribution in [0.3, 0.4) is 0 Å². The molecular weight excluding hydrogens is 302 g/mol. The van der Waals surface area contributed by atoms with Gasteiger partial charge in [-0.15, -0.1) is 0 Å². The van der Waals surface area contributed by atoms with Gasteiger partial charge in [0, 0.05) is 6.20 Å². The molecule has 23 heavy (non-hydrogen) atoms. The number of carboxylic acid groups (broad SMARTS) is 1. The molecule has 0 unspecified atom stereocenters. The van der Waals surface area contributed by atoms with Gasteiger partial charge in [-0.1, -0.05) is 13.8 Å². The Labute approximate surface area is 134 Å².